The molecule has 122 valence electrons. The molecular weight excluding hydrogens is 282 g/mol. The van der Waals surface area contributed by atoms with Crippen LogP contribution in [-0.2, 0) is 15.9 Å². The number of methoxy groups -OCH3 is 1. The highest BCUT2D eigenvalue weighted by molar-refractivity contribution is 5.89. The summed E-state index contributed by atoms with van der Waals surface area (Å²) in [5, 5.41) is 0. The maximum Gasteiger partial charge on any atom is 0.410 e. The molecule has 0 aliphatic carbocycles. The van der Waals surface area contributed by atoms with E-state index >= 15 is 0 Å². The normalized spacial score (nSPS) is 11.0. The minimum absolute atomic E-state index is 0.304. The number of likely N-dealkylation sites (N-methyl/N-ethyl adjacent to an activating group) is 1. The van der Waals surface area contributed by atoms with E-state index < -0.39 is 5.60 Å². The van der Waals surface area contributed by atoms with Gasteiger partial charge in [0.05, 0.1) is 12.7 Å². The number of hydrogen-bond acceptors (Lipinski definition) is 4. The summed E-state index contributed by atoms with van der Waals surface area (Å²) in [7, 11) is 1.36. The Balaban J connectivity index is 2.59. The number of carbonyl (C=O) groups excluding carboxylic acids is 2. The Hall–Kier alpha value is -2.04. The number of esters is 1. The van der Waals surface area contributed by atoms with Gasteiger partial charge < -0.3 is 14.4 Å². The van der Waals surface area contributed by atoms with Crippen LogP contribution in [0.15, 0.2) is 24.3 Å². The second kappa shape index (κ2) is 7.82. The van der Waals surface area contributed by atoms with Crippen LogP contribution in [0.3, 0.4) is 0 Å². The van der Waals surface area contributed by atoms with Crippen LogP contribution >= 0.6 is 0 Å². The maximum absolute atomic E-state index is 12.0. The highest BCUT2D eigenvalue weighted by Crippen LogP contribution is 2.11. The van der Waals surface area contributed by atoms with Gasteiger partial charge in [0.2, 0.25) is 0 Å². The molecule has 0 saturated carbocycles. The van der Waals surface area contributed by atoms with Gasteiger partial charge in [0, 0.05) is 13.1 Å². The molecule has 0 bridgehead atoms. The lowest BCUT2D eigenvalue weighted by Crippen LogP contribution is -2.37. The summed E-state index contributed by atoms with van der Waals surface area (Å²) in [6.07, 6.45) is 0.398. The van der Waals surface area contributed by atoms with E-state index in [0.29, 0.717) is 25.1 Å². The van der Waals surface area contributed by atoms with E-state index in [4.69, 9.17) is 4.74 Å². The largest absolute Gasteiger partial charge is 0.465 e. The molecule has 1 amide bonds. The van der Waals surface area contributed by atoms with Gasteiger partial charge in [-0.2, -0.15) is 0 Å². The zero-order chi connectivity index (χ0) is 16.8. The van der Waals surface area contributed by atoms with Gasteiger partial charge >= 0.3 is 12.1 Å². The summed E-state index contributed by atoms with van der Waals surface area (Å²) in [6.45, 7) is 8.64. The number of benzene rings is 1. The van der Waals surface area contributed by atoms with E-state index in [0.717, 1.165) is 5.56 Å². The third-order valence-electron chi connectivity index (χ3n) is 3.08. The monoisotopic (exact) mass is 307 g/mol. The van der Waals surface area contributed by atoms with Gasteiger partial charge in [0.25, 0.3) is 0 Å². The van der Waals surface area contributed by atoms with E-state index in [1.54, 1.807) is 17.0 Å². The molecule has 5 nitrogen and oxygen atoms in total. The molecule has 0 aliphatic rings. The van der Waals surface area contributed by atoms with Crippen LogP contribution in [0, 0.1) is 0 Å². The fourth-order valence-corrected chi connectivity index (χ4v) is 1.89. The first-order valence-corrected chi connectivity index (χ1v) is 7.42. The van der Waals surface area contributed by atoms with Crippen molar-refractivity contribution in [2.24, 2.45) is 0 Å². The topological polar surface area (TPSA) is 55.8 Å². The van der Waals surface area contributed by atoms with Crippen molar-refractivity contribution in [1.29, 1.82) is 0 Å². The van der Waals surface area contributed by atoms with E-state index in [9.17, 15) is 9.59 Å². The highest BCUT2D eigenvalue weighted by atomic mass is 16.6. The predicted molar refractivity (Wildman–Crippen MR) is 85.0 cm³/mol. The molecular formula is C17H25NO4. The van der Waals surface area contributed by atoms with Crippen LogP contribution in [-0.4, -0.2) is 42.8 Å². The second-order valence-electron chi connectivity index (χ2n) is 6.00. The third kappa shape index (κ3) is 5.76. The Morgan fingerprint density at radius 3 is 2.18 bits per heavy atom. The SMILES string of the molecule is CCN(CCc1ccc(C(=O)OC)cc1)C(=O)OC(C)(C)C. The van der Waals surface area contributed by atoms with Crippen molar-refractivity contribution >= 4 is 12.1 Å². The van der Waals surface area contributed by atoms with Crippen molar-refractivity contribution in [3.05, 3.63) is 35.4 Å². The fourth-order valence-electron chi connectivity index (χ4n) is 1.89. The summed E-state index contributed by atoms with van der Waals surface area (Å²) in [5.41, 5.74) is 1.08. The van der Waals surface area contributed by atoms with Crippen LogP contribution in [0.4, 0.5) is 4.79 Å². The Morgan fingerprint density at radius 2 is 1.73 bits per heavy atom. The lowest BCUT2D eigenvalue weighted by atomic mass is 10.1. The van der Waals surface area contributed by atoms with Gasteiger partial charge in [-0.15, -0.1) is 0 Å². The van der Waals surface area contributed by atoms with Gasteiger partial charge in [-0.25, -0.2) is 9.59 Å². The summed E-state index contributed by atoms with van der Waals surface area (Å²) in [4.78, 5) is 25.1. The molecule has 0 unspecified atom stereocenters. The molecule has 0 aromatic heterocycles. The van der Waals surface area contributed by atoms with Gasteiger partial charge in [0.15, 0.2) is 0 Å². The summed E-state index contributed by atoms with van der Waals surface area (Å²) >= 11 is 0. The van der Waals surface area contributed by atoms with Gasteiger partial charge in [-0.1, -0.05) is 12.1 Å². The average Bonchev–Trinajstić information content (AvgIpc) is 2.46. The molecule has 0 atom stereocenters. The molecule has 0 fully saturated rings. The van der Waals surface area contributed by atoms with Crippen molar-refractivity contribution in [1.82, 2.24) is 4.90 Å². The Morgan fingerprint density at radius 1 is 1.14 bits per heavy atom. The Bertz CT molecular complexity index is 502. The first kappa shape index (κ1) is 18.0. The minimum atomic E-state index is -0.493. The lowest BCUT2D eigenvalue weighted by Gasteiger charge is -2.26. The van der Waals surface area contributed by atoms with Gasteiger partial charge in [-0.3, -0.25) is 0 Å². The maximum atomic E-state index is 12.0. The van der Waals surface area contributed by atoms with Crippen molar-refractivity contribution in [2.45, 2.75) is 39.7 Å². The lowest BCUT2D eigenvalue weighted by molar-refractivity contribution is 0.0262. The summed E-state index contributed by atoms with van der Waals surface area (Å²) < 4.78 is 10.0. The summed E-state index contributed by atoms with van der Waals surface area (Å²) in [6, 6.07) is 7.19. The van der Waals surface area contributed by atoms with E-state index in [1.807, 2.05) is 39.8 Å². The first-order chi connectivity index (χ1) is 10.3. The van der Waals surface area contributed by atoms with Crippen LogP contribution in [0.2, 0.25) is 0 Å². The fraction of sp³-hybridized carbons (Fsp3) is 0.529. The highest BCUT2D eigenvalue weighted by Gasteiger charge is 2.20. The number of carbonyl (C=O) groups is 2. The molecule has 0 spiro atoms. The standard InChI is InChI=1S/C17H25NO4/c1-6-18(16(20)22-17(2,3)4)12-11-13-7-9-14(10-8-13)15(19)21-5/h7-10H,6,11-12H2,1-5H3. The molecule has 0 saturated heterocycles. The first-order valence-electron chi connectivity index (χ1n) is 7.42. The zero-order valence-corrected chi connectivity index (χ0v) is 14.0. The zero-order valence-electron chi connectivity index (χ0n) is 14.0. The summed E-state index contributed by atoms with van der Waals surface area (Å²) in [5.74, 6) is -0.351. The minimum Gasteiger partial charge on any atom is -0.465 e. The number of hydrogen-bond donors (Lipinski definition) is 0. The van der Waals surface area contributed by atoms with Crippen molar-refractivity contribution in [2.75, 3.05) is 20.2 Å². The smallest absolute Gasteiger partial charge is 0.410 e. The van der Waals surface area contributed by atoms with Crippen LogP contribution in [0.5, 0.6) is 0 Å². The quantitative estimate of drug-likeness (QED) is 0.783. The molecule has 0 N–H and O–H groups in total. The molecule has 22 heavy (non-hydrogen) atoms. The number of nitrogens with zero attached hydrogens (tertiary/aromatic N) is 1. The van der Waals surface area contributed by atoms with Crippen molar-refractivity contribution in [3.63, 3.8) is 0 Å². The molecule has 1 aromatic carbocycles. The third-order valence-corrected chi connectivity index (χ3v) is 3.08. The van der Waals surface area contributed by atoms with E-state index in [-0.39, 0.29) is 12.1 Å². The predicted octanol–water partition coefficient (Wildman–Crippen LogP) is 3.27. The number of ether oxygens (including phenoxy) is 2. The molecule has 5 heteroatoms. The number of rotatable bonds is 5. The molecule has 1 aromatic rings. The van der Waals surface area contributed by atoms with E-state index in [2.05, 4.69) is 4.74 Å². The van der Waals surface area contributed by atoms with Crippen molar-refractivity contribution in [3.8, 4) is 0 Å². The molecule has 0 radical (unpaired) electrons. The van der Waals surface area contributed by atoms with E-state index in [1.165, 1.54) is 7.11 Å². The Kier molecular flexibility index (Phi) is 6.40. The average molecular weight is 307 g/mol. The van der Waals surface area contributed by atoms with Gasteiger partial charge in [-0.05, 0) is 51.8 Å². The molecule has 0 aliphatic heterocycles. The van der Waals surface area contributed by atoms with Crippen LogP contribution in [0.25, 0.3) is 0 Å². The van der Waals surface area contributed by atoms with Gasteiger partial charge in [0.1, 0.15) is 5.60 Å². The molecule has 1 rings (SSSR count). The van der Waals surface area contributed by atoms with Crippen LogP contribution < -0.4 is 0 Å². The molecule has 0 heterocycles. The van der Waals surface area contributed by atoms with Crippen LogP contribution in [0.1, 0.15) is 43.6 Å². The van der Waals surface area contributed by atoms with Crippen molar-refractivity contribution < 1.29 is 19.1 Å². The Labute approximate surface area is 132 Å². The second-order valence-corrected chi connectivity index (χ2v) is 6.00. The number of amides is 1.